The Morgan fingerprint density at radius 3 is 2.84 bits per heavy atom. The van der Waals surface area contributed by atoms with Crippen LogP contribution in [0.2, 0.25) is 0 Å². The van der Waals surface area contributed by atoms with Crippen LogP contribution >= 0.6 is 11.3 Å². The predicted molar refractivity (Wildman–Crippen MR) is 122 cm³/mol. The van der Waals surface area contributed by atoms with Crippen molar-refractivity contribution in [3.8, 4) is 0 Å². The third-order valence-corrected chi connectivity index (χ3v) is 7.81. The summed E-state index contributed by atoms with van der Waals surface area (Å²) in [6, 6.07) is 10.1. The number of likely N-dealkylation sites (tertiary alicyclic amines) is 1. The summed E-state index contributed by atoms with van der Waals surface area (Å²) in [6.07, 6.45) is 5.39. The molecule has 1 saturated heterocycles. The lowest BCUT2D eigenvalue weighted by molar-refractivity contribution is -0.125. The van der Waals surface area contributed by atoms with Gasteiger partial charge in [-0.1, -0.05) is 12.1 Å². The van der Waals surface area contributed by atoms with Gasteiger partial charge in [0.05, 0.1) is 15.9 Å². The second-order valence-corrected chi connectivity index (χ2v) is 9.75. The molecule has 3 heterocycles. The molecule has 1 aliphatic carbocycles. The van der Waals surface area contributed by atoms with Crippen LogP contribution in [-0.4, -0.2) is 45.9 Å². The minimum absolute atomic E-state index is 0.0164. The predicted octanol–water partition coefficient (Wildman–Crippen LogP) is 3.33. The Morgan fingerprint density at radius 1 is 1.23 bits per heavy atom. The number of benzene rings is 1. The fourth-order valence-corrected chi connectivity index (χ4v) is 5.97. The van der Waals surface area contributed by atoms with Crippen LogP contribution in [0.5, 0.6) is 0 Å². The molecule has 3 aromatic rings. The highest BCUT2D eigenvalue weighted by Crippen LogP contribution is 2.33. The molecule has 1 aliphatic heterocycles. The molecule has 0 saturated carbocycles. The van der Waals surface area contributed by atoms with Crippen molar-refractivity contribution in [1.82, 2.24) is 19.8 Å². The van der Waals surface area contributed by atoms with Crippen molar-refractivity contribution in [3.05, 3.63) is 51.5 Å². The summed E-state index contributed by atoms with van der Waals surface area (Å²) in [6.45, 7) is 2.33. The molecule has 6 nitrogen and oxygen atoms in total. The molecular formula is C24H28N4O2S. The van der Waals surface area contributed by atoms with Crippen molar-refractivity contribution in [1.29, 1.82) is 0 Å². The highest BCUT2D eigenvalue weighted by atomic mass is 32.1. The Hall–Kier alpha value is -2.67. The van der Waals surface area contributed by atoms with Crippen LogP contribution in [0.4, 0.5) is 0 Å². The Morgan fingerprint density at radius 2 is 2.03 bits per heavy atom. The van der Waals surface area contributed by atoms with Crippen LogP contribution in [-0.2, 0) is 31.1 Å². The number of nitrogens with zero attached hydrogens (tertiary/aromatic N) is 3. The van der Waals surface area contributed by atoms with Gasteiger partial charge in [0.2, 0.25) is 5.91 Å². The summed E-state index contributed by atoms with van der Waals surface area (Å²) < 4.78 is 2.10. The first-order valence-electron chi connectivity index (χ1n) is 11.2. The van der Waals surface area contributed by atoms with Crippen LogP contribution in [0.1, 0.15) is 45.2 Å². The first-order valence-corrected chi connectivity index (χ1v) is 12.0. The van der Waals surface area contributed by atoms with E-state index in [1.165, 1.54) is 10.4 Å². The number of carbonyl (C=O) groups is 2. The first-order chi connectivity index (χ1) is 15.1. The van der Waals surface area contributed by atoms with Gasteiger partial charge in [0.25, 0.3) is 5.91 Å². The smallest absolute Gasteiger partial charge is 0.263 e. The monoisotopic (exact) mass is 436 g/mol. The van der Waals surface area contributed by atoms with E-state index >= 15 is 0 Å². The molecule has 5 rings (SSSR count). The molecule has 2 aliphatic rings. The van der Waals surface area contributed by atoms with Crippen molar-refractivity contribution >= 4 is 34.2 Å². The number of rotatable bonds is 5. The van der Waals surface area contributed by atoms with Crippen LogP contribution in [0, 0.1) is 5.92 Å². The molecule has 7 heteroatoms. The lowest BCUT2D eigenvalue weighted by atomic mass is 9.87. The van der Waals surface area contributed by atoms with Crippen molar-refractivity contribution in [3.63, 3.8) is 0 Å². The van der Waals surface area contributed by atoms with Gasteiger partial charge >= 0.3 is 0 Å². The van der Waals surface area contributed by atoms with E-state index in [9.17, 15) is 9.59 Å². The Balaban J connectivity index is 1.18. The van der Waals surface area contributed by atoms with Gasteiger partial charge < -0.3 is 14.8 Å². The lowest BCUT2D eigenvalue weighted by Crippen LogP contribution is -2.35. The van der Waals surface area contributed by atoms with Gasteiger partial charge in [-0.05, 0) is 55.9 Å². The molecular weight excluding hydrogens is 408 g/mol. The summed E-state index contributed by atoms with van der Waals surface area (Å²) in [5.74, 6) is 1.25. The Labute approximate surface area is 186 Å². The van der Waals surface area contributed by atoms with E-state index in [-0.39, 0.29) is 17.7 Å². The second-order valence-electron chi connectivity index (χ2n) is 8.61. The zero-order valence-electron chi connectivity index (χ0n) is 17.9. The van der Waals surface area contributed by atoms with Crippen LogP contribution in [0.3, 0.4) is 0 Å². The van der Waals surface area contributed by atoms with Gasteiger partial charge in [-0.15, -0.1) is 11.3 Å². The molecule has 2 amide bonds. The molecule has 0 bridgehead atoms. The van der Waals surface area contributed by atoms with E-state index in [4.69, 9.17) is 0 Å². The standard InChI is InChI=1S/C24H28N4O2S/c1-27-19-7-3-2-6-18(19)26-22(27)10-11-25-23(29)16-8-9-20-17(14-16)15-21(31-20)24(30)28-12-4-5-13-28/h2-3,6-7,15-16H,4-5,8-14H2,1H3,(H,25,29)/t16-/m0/s1. The molecule has 1 fully saturated rings. The van der Waals surface area contributed by atoms with Gasteiger partial charge in [-0.2, -0.15) is 0 Å². The SMILES string of the molecule is Cn1c(CCNC(=O)[C@H]2CCc3sc(C(=O)N4CCCC4)cc3C2)nc2ccccc21. The van der Waals surface area contributed by atoms with Gasteiger partial charge in [0.15, 0.2) is 0 Å². The third kappa shape index (κ3) is 3.99. The third-order valence-electron chi connectivity index (χ3n) is 6.59. The second kappa shape index (κ2) is 8.46. The maximum Gasteiger partial charge on any atom is 0.263 e. The van der Waals surface area contributed by atoms with E-state index in [1.807, 2.05) is 36.2 Å². The molecule has 0 radical (unpaired) electrons. The number of imidazole rings is 1. The number of nitrogens with one attached hydrogen (secondary N) is 1. The molecule has 1 aromatic carbocycles. The van der Waals surface area contributed by atoms with Gasteiger partial charge in [0.1, 0.15) is 5.82 Å². The highest BCUT2D eigenvalue weighted by molar-refractivity contribution is 7.14. The lowest BCUT2D eigenvalue weighted by Gasteiger charge is -2.21. The highest BCUT2D eigenvalue weighted by Gasteiger charge is 2.29. The zero-order valence-corrected chi connectivity index (χ0v) is 18.7. The van der Waals surface area contributed by atoms with E-state index in [0.29, 0.717) is 13.0 Å². The quantitative estimate of drug-likeness (QED) is 0.667. The number of aryl methyl sites for hydroxylation is 2. The van der Waals surface area contributed by atoms with Gasteiger partial charge in [-0.3, -0.25) is 9.59 Å². The summed E-state index contributed by atoms with van der Waals surface area (Å²) in [5, 5.41) is 3.11. The number of thiophene rings is 1. The molecule has 0 spiro atoms. The average Bonchev–Trinajstić information content (AvgIpc) is 3.52. The number of para-hydroxylation sites is 2. The number of hydrogen-bond acceptors (Lipinski definition) is 4. The average molecular weight is 437 g/mol. The summed E-state index contributed by atoms with van der Waals surface area (Å²) >= 11 is 1.63. The fourth-order valence-electron chi connectivity index (χ4n) is 4.79. The minimum Gasteiger partial charge on any atom is -0.355 e. The van der Waals surface area contributed by atoms with E-state index < -0.39 is 0 Å². The van der Waals surface area contributed by atoms with Crippen LogP contribution < -0.4 is 5.32 Å². The van der Waals surface area contributed by atoms with E-state index in [0.717, 1.165) is 66.9 Å². The molecule has 31 heavy (non-hydrogen) atoms. The van der Waals surface area contributed by atoms with Gasteiger partial charge in [-0.25, -0.2) is 4.98 Å². The molecule has 1 N–H and O–H groups in total. The topological polar surface area (TPSA) is 67.2 Å². The number of hydrogen-bond donors (Lipinski definition) is 1. The summed E-state index contributed by atoms with van der Waals surface area (Å²) in [7, 11) is 2.02. The molecule has 162 valence electrons. The first kappa shape index (κ1) is 20.2. The summed E-state index contributed by atoms with van der Waals surface area (Å²) in [4.78, 5) is 34.3. The van der Waals surface area contributed by atoms with Crippen molar-refractivity contribution in [2.45, 2.75) is 38.5 Å². The van der Waals surface area contributed by atoms with Crippen molar-refractivity contribution < 1.29 is 9.59 Å². The minimum atomic E-state index is -0.0164. The van der Waals surface area contributed by atoms with Crippen LogP contribution in [0.25, 0.3) is 11.0 Å². The van der Waals surface area contributed by atoms with Crippen molar-refractivity contribution in [2.24, 2.45) is 13.0 Å². The van der Waals surface area contributed by atoms with E-state index in [2.05, 4.69) is 20.9 Å². The summed E-state index contributed by atoms with van der Waals surface area (Å²) in [5.41, 5.74) is 3.29. The van der Waals surface area contributed by atoms with Crippen LogP contribution in [0.15, 0.2) is 30.3 Å². The maximum atomic E-state index is 12.8. The molecule has 1 atom stereocenters. The van der Waals surface area contributed by atoms with Crippen molar-refractivity contribution in [2.75, 3.05) is 19.6 Å². The fraction of sp³-hybridized carbons (Fsp3) is 0.458. The zero-order chi connectivity index (χ0) is 21.4. The molecule has 2 aromatic heterocycles. The maximum absolute atomic E-state index is 12.8. The van der Waals surface area contributed by atoms with E-state index in [1.54, 1.807) is 11.3 Å². The number of aromatic nitrogens is 2. The molecule has 0 unspecified atom stereocenters. The number of fused-ring (bicyclic) bond motifs is 2. The Kier molecular flexibility index (Phi) is 5.52. The van der Waals surface area contributed by atoms with Gasteiger partial charge in [0, 0.05) is 43.9 Å². The largest absolute Gasteiger partial charge is 0.355 e. The Bertz CT molecular complexity index is 1130. The number of carbonyl (C=O) groups excluding carboxylic acids is 2. The number of amides is 2. The normalized spacial score (nSPS) is 18.4.